The molecular formula is C13H20N2O3. The number of nitro benzene ring substituents is 1. The zero-order valence-electron chi connectivity index (χ0n) is 11.1. The van der Waals surface area contributed by atoms with Crippen molar-refractivity contribution in [2.24, 2.45) is 0 Å². The van der Waals surface area contributed by atoms with E-state index in [1.165, 1.54) is 6.07 Å². The second-order valence-electron chi connectivity index (χ2n) is 4.32. The largest absolute Gasteiger partial charge is 0.496 e. The Labute approximate surface area is 107 Å². The van der Waals surface area contributed by atoms with Crippen LogP contribution in [-0.4, -0.2) is 18.1 Å². The Balaban J connectivity index is 2.78. The standard InChI is InChI=1S/C13H20N2O3/c1-4-5-10(2)14-9-11-8-12(15(16)17)6-7-13(11)18-3/h6-8,10,14H,4-5,9H2,1-3H3. The van der Waals surface area contributed by atoms with Crippen molar-refractivity contribution in [2.75, 3.05) is 7.11 Å². The molecule has 1 atom stereocenters. The van der Waals surface area contributed by atoms with Crippen LogP contribution in [0.1, 0.15) is 32.3 Å². The Morgan fingerprint density at radius 2 is 2.22 bits per heavy atom. The highest BCUT2D eigenvalue weighted by Gasteiger charge is 2.11. The zero-order chi connectivity index (χ0) is 13.5. The fourth-order valence-electron chi connectivity index (χ4n) is 1.84. The molecule has 0 fully saturated rings. The molecule has 0 saturated carbocycles. The highest BCUT2D eigenvalue weighted by Crippen LogP contribution is 2.23. The maximum Gasteiger partial charge on any atom is 0.270 e. The Morgan fingerprint density at radius 1 is 1.50 bits per heavy atom. The summed E-state index contributed by atoms with van der Waals surface area (Å²) in [6.07, 6.45) is 2.19. The Bertz CT molecular complexity index is 407. The van der Waals surface area contributed by atoms with E-state index in [4.69, 9.17) is 4.74 Å². The molecule has 1 N–H and O–H groups in total. The number of hydrogen-bond acceptors (Lipinski definition) is 4. The van der Waals surface area contributed by atoms with Crippen molar-refractivity contribution in [3.63, 3.8) is 0 Å². The molecule has 0 saturated heterocycles. The van der Waals surface area contributed by atoms with Gasteiger partial charge >= 0.3 is 0 Å². The number of benzene rings is 1. The molecule has 1 unspecified atom stereocenters. The van der Waals surface area contributed by atoms with Crippen molar-refractivity contribution >= 4 is 5.69 Å². The molecule has 5 nitrogen and oxygen atoms in total. The lowest BCUT2D eigenvalue weighted by atomic mass is 10.1. The minimum Gasteiger partial charge on any atom is -0.496 e. The summed E-state index contributed by atoms with van der Waals surface area (Å²) in [5.41, 5.74) is 0.908. The van der Waals surface area contributed by atoms with Crippen molar-refractivity contribution in [2.45, 2.75) is 39.3 Å². The normalized spacial score (nSPS) is 12.2. The van der Waals surface area contributed by atoms with E-state index < -0.39 is 4.92 Å². The smallest absolute Gasteiger partial charge is 0.270 e. The highest BCUT2D eigenvalue weighted by atomic mass is 16.6. The van der Waals surface area contributed by atoms with E-state index in [9.17, 15) is 10.1 Å². The second kappa shape index (κ2) is 6.96. The minimum atomic E-state index is -0.390. The Kier molecular flexibility index (Phi) is 5.58. The van der Waals surface area contributed by atoms with E-state index in [1.54, 1.807) is 19.2 Å². The van der Waals surface area contributed by atoms with Crippen LogP contribution in [0.15, 0.2) is 18.2 Å². The van der Waals surface area contributed by atoms with Crippen LogP contribution in [0.3, 0.4) is 0 Å². The fourth-order valence-corrected chi connectivity index (χ4v) is 1.84. The second-order valence-corrected chi connectivity index (χ2v) is 4.32. The number of non-ortho nitro benzene ring substituents is 1. The average Bonchev–Trinajstić information content (AvgIpc) is 2.36. The van der Waals surface area contributed by atoms with Crippen LogP contribution in [0, 0.1) is 10.1 Å². The van der Waals surface area contributed by atoms with E-state index in [-0.39, 0.29) is 5.69 Å². The summed E-state index contributed by atoms with van der Waals surface area (Å²) in [6, 6.07) is 5.04. The minimum absolute atomic E-state index is 0.0933. The van der Waals surface area contributed by atoms with Gasteiger partial charge in [-0.1, -0.05) is 13.3 Å². The van der Waals surface area contributed by atoms with Gasteiger partial charge < -0.3 is 10.1 Å². The number of rotatable bonds is 7. The number of hydrogen-bond donors (Lipinski definition) is 1. The SMILES string of the molecule is CCCC(C)NCc1cc([N+](=O)[O-])ccc1OC. The lowest BCUT2D eigenvalue weighted by Gasteiger charge is -2.14. The van der Waals surface area contributed by atoms with Gasteiger partial charge in [0.2, 0.25) is 0 Å². The maximum atomic E-state index is 10.7. The molecule has 1 aromatic rings. The first-order valence-electron chi connectivity index (χ1n) is 6.13. The molecular weight excluding hydrogens is 232 g/mol. The van der Waals surface area contributed by atoms with Crippen molar-refractivity contribution in [3.8, 4) is 5.75 Å². The van der Waals surface area contributed by atoms with Gasteiger partial charge in [0.15, 0.2) is 0 Å². The zero-order valence-corrected chi connectivity index (χ0v) is 11.1. The van der Waals surface area contributed by atoms with Crippen LogP contribution in [0.5, 0.6) is 5.75 Å². The van der Waals surface area contributed by atoms with Gasteiger partial charge in [0, 0.05) is 30.3 Å². The summed E-state index contributed by atoms with van der Waals surface area (Å²) in [5, 5.41) is 14.1. The van der Waals surface area contributed by atoms with Crippen molar-refractivity contribution < 1.29 is 9.66 Å². The average molecular weight is 252 g/mol. The predicted octanol–water partition coefficient (Wildman–Crippen LogP) is 2.88. The van der Waals surface area contributed by atoms with E-state index in [0.717, 1.165) is 18.4 Å². The quantitative estimate of drug-likeness (QED) is 0.598. The summed E-state index contributed by atoms with van der Waals surface area (Å²) in [6.45, 7) is 4.81. The summed E-state index contributed by atoms with van der Waals surface area (Å²) in [7, 11) is 1.57. The van der Waals surface area contributed by atoms with E-state index in [2.05, 4.69) is 19.2 Å². The third-order valence-electron chi connectivity index (χ3n) is 2.84. The number of nitro groups is 1. The van der Waals surface area contributed by atoms with Crippen LogP contribution in [0.4, 0.5) is 5.69 Å². The molecule has 1 aromatic carbocycles. The van der Waals surface area contributed by atoms with Crippen molar-refractivity contribution in [1.29, 1.82) is 0 Å². The van der Waals surface area contributed by atoms with Gasteiger partial charge in [0.1, 0.15) is 5.75 Å². The van der Waals surface area contributed by atoms with Crippen LogP contribution in [-0.2, 0) is 6.54 Å². The van der Waals surface area contributed by atoms with Crippen LogP contribution in [0.25, 0.3) is 0 Å². The molecule has 0 spiro atoms. The molecule has 0 bridgehead atoms. The van der Waals surface area contributed by atoms with Gasteiger partial charge in [-0.25, -0.2) is 0 Å². The monoisotopic (exact) mass is 252 g/mol. The molecule has 5 heteroatoms. The lowest BCUT2D eigenvalue weighted by Crippen LogP contribution is -2.25. The number of methoxy groups -OCH3 is 1. The Morgan fingerprint density at radius 3 is 2.78 bits per heavy atom. The van der Waals surface area contributed by atoms with E-state index >= 15 is 0 Å². The first-order chi connectivity index (χ1) is 8.58. The molecule has 1 rings (SSSR count). The van der Waals surface area contributed by atoms with Gasteiger partial charge in [-0.3, -0.25) is 10.1 Å². The first kappa shape index (κ1) is 14.4. The van der Waals surface area contributed by atoms with Gasteiger partial charge in [-0.15, -0.1) is 0 Å². The molecule has 0 aliphatic carbocycles. The highest BCUT2D eigenvalue weighted by molar-refractivity contribution is 5.43. The molecule has 0 radical (unpaired) electrons. The number of nitrogens with zero attached hydrogens (tertiary/aromatic N) is 1. The van der Waals surface area contributed by atoms with Crippen molar-refractivity contribution in [1.82, 2.24) is 5.32 Å². The van der Waals surface area contributed by atoms with Gasteiger partial charge in [-0.05, 0) is 19.4 Å². The fraction of sp³-hybridized carbons (Fsp3) is 0.538. The number of nitrogens with one attached hydrogen (secondary N) is 1. The molecule has 0 aliphatic rings. The molecule has 100 valence electrons. The third-order valence-corrected chi connectivity index (χ3v) is 2.84. The summed E-state index contributed by atoms with van der Waals surface area (Å²) >= 11 is 0. The van der Waals surface area contributed by atoms with Crippen molar-refractivity contribution in [3.05, 3.63) is 33.9 Å². The summed E-state index contributed by atoms with van der Waals surface area (Å²) in [5.74, 6) is 0.678. The van der Waals surface area contributed by atoms with Gasteiger partial charge in [0.05, 0.1) is 12.0 Å². The predicted molar refractivity (Wildman–Crippen MR) is 70.9 cm³/mol. The third kappa shape index (κ3) is 4.00. The van der Waals surface area contributed by atoms with E-state index in [1.807, 2.05) is 0 Å². The summed E-state index contributed by atoms with van der Waals surface area (Å²) < 4.78 is 5.21. The number of ether oxygens (including phenoxy) is 1. The molecule has 0 aromatic heterocycles. The lowest BCUT2D eigenvalue weighted by molar-refractivity contribution is -0.384. The van der Waals surface area contributed by atoms with Gasteiger partial charge in [-0.2, -0.15) is 0 Å². The van der Waals surface area contributed by atoms with Crippen LogP contribution >= 0.6 is 0 Å². The molecule has 0 amide bonds. The molecule has 0 heterocycles. The topological polar surface area (TPSA) is 64.4 Å². The first-order valence-corrected chi connectivity index (χ1v) is 6.13. The molecule has 18 heavy (non-hydrogen) atoms. The Hall–Kier alpha value is -1.62. The maximum absolute atomic E-state index is 10.7. The molecule has 0 aliphatic heterocycles. The van der Waals surface area contributed by atoms with E-state index in [0.29, 0.717) is 18.3 Å². The summed E-state index contributed by atoms with van der Waals surface area (Å²) in [4.78, 5) is 10.3. The van der Waals surface area contributed by atoms with Gasteiger partial charge in [0.25, 0.3) is 5.69 Å². The van der Waals surface area contributed by atoms with Crippen LogP contribution in [0.2, 0.25) is 0 Å². The van der Waals surface area contributed by atoms with Crippen LogP contribution < -0.4 is 10.1 Å².